The molecule has 1 N–H and O–H groups in total. The van der Waals surface area contributed by atoms with Crippen molar-refractivity contribution >= 4 is 29.0 Å². The Kier molecular flexibility index (Phi) is 6.66. The van der Waals surface area contributed by atoms with E-state index in [9.17, 15) is 20.2 Å². The van der Waals surface area contributed by atoms with Gasteiger partial charge in [-0.3, -0.25) is 14.9 Å². The van der Waals surface area contributed by atoms with E-state index in [1.165, 1.54) is 36.0 Å². The number of nitro benzene ring substituents is 1. The predicted octanol–water partition coefficient (Wildman–Crippen LogP) is 5.43. The monoisotopic (exact) mass is 470 g/mol. The molecule has 7 nitrogen and oxygen atoms in total. The quantitative estimate of drug-likeness (QED) is 0.365. The van der Waals surface area contributed by atoms with Crippen LogP contribution in [0.4, 0.5) is 11.4 Å². The van der Waals surface area contributed by atoms with E-state index in [4.69, 9.17) is 0 Å². The number of amides is 1. The minimum atomic E-state index is -1.05. The molecule has 1 aliphatic heterocycles. The van der Waals surface area contributed by atoms with Crippen LogP contribution in [0.15, 0.2) is 95.5 Å². The molecule has 1 aliphatic rings. The Morgan fingerprint density at radius 1 is 1.09 bits per heavy atom. The van der Waals surface area contributed by atoms with Gasteiger partial charge in [0.25, 0.3) is 5.69 Å². The summed E-state index contributed by atoms with van der Waals surface area (Å²) in [5.74, 6) is -0.284. The third-order valence-corrected chi connectivity index (χ3v) is 7.31. The number of non-ortho nitro benzene ring substituents is 1. The molecule has 0 spiro atoms. The van der Waals surface area contributed by atoms with Gasteiger partial charge in [0.15, 0.2) is 0 Å². The zero-order valence-electron chi connectivity index (χ0n) is 18.5. The third-order valence-electron chi connectivity index (χ3n) is 5.64. The fourth-order valence-electron chi connectivity index (χ4n) is 3.94. The summed E-state index contributed by atoms with van der Waals surface area (Å²) in [5, 5.41) is 24.6. The molecular weight excluding hydrogens is 448 g/mol. The van der Waals surface area contributed by atoms with E-state index in [-0.39, 0.29) is 18.0 Å². The van der Waals surface area contributed by atoms with E-state index in [0.717, 1.165) is 16.2 Å². The largest absolute Gasteiger partial charge is 0.364 e. The first-order chi connectivity index (χ1) is 16.4. The summed E-state index contributed by atoms with van der Waals surface area (Å²) >= 11 is 1.37. The number of nitriles is 1. The van der Waals surface area contributed by atoms with Crippen molar-refractivity contribution in [2.75, 3.05) is 12.4 Å². The molecule has 34 heavy (non-hydrogen) atoms. The summed E-state index contributed by atoms with van der Waals surface area (Å²) < 4.78 is -1.05. The van der Waals surface area contributed by atoms with Crippen LogP contribution in [0.1, 0.15) is 17.5 Å². The zero-order chi connectivity index (χ0) is 24.1. The van der Waals surface area contributed by atoms with E-state index >= 15 is 0 Å². The van der Waals surface area contributed by atoms with Crippen molar-refractivity contribution in [2.45, 2.75) is 17.7 Å². The van der Waals surface area contributed by atoms with Gasteiger partial charge in [0.2, 0.25) is 5.91 Å². The number of benzene rings is 3. The van der Waals surface area contributed by atoms with Crippen LogP contribution in [0.2, 0.25) is 0 Å². The van der Waals surface area contributed by atoms with Crippen LogP contribution in [0.5, 0.6) is 0 Å². The van der Waals surface area contributed by atoms with E-state index in [2.05, 4.69) is 11.4 Å². The highest BCUT2D eigenvalue weighted by molar-refractivity contribution is 8.04. The molecule has 3 aromatic carbocycles. The van der Waals surface area contributed by atoms with Crippen molar-refractivity contribution < 1.29 is 9.72 Å². The lowest BCUT2D eigenvalue weighted by Crippen LogP contribution is -2.36. The lowest BCUT2D eigenvalue weighted by Gasteiger charge is -2.29. The summed E-state index contributed by atoms with van der Waals surface area (Å²) in [5.41, 5.74) is 2.84. The number of nitrogens with one attached hydrogen (secondary N) is 1. The van der Waals surface area contributed by atoms with Crippen LogP contribution < -0.4 is 5.32 Å². The van der Waals surface area contributed by atoms with Crippen molar-refractivity contribution in [1.82, 2.24) is 4.90 Å². The number of hydrogen-bond donors (Lipinski definition) is 1. The second-order valence-corrected chi connectivity index (χ2v) is 9.25. The standard InChI is InChI=1S/C26H22N4O3S/c1-29(18-19-8-4-2-5-9-19)24-20(17-27)16-26(34-24,21-10-6-3-7-11-21)25(31)28-22-12-14-23(15-13-22)30(32)33/h2-15H,16,18H2,1H3,(H,28,31). The lowest BCUT2D eigenvalue weighted by atomic mass is 9.90. The molecule has 1 unspecified atom stereocenters. The fraction of sp³-hybridized carbons (Fsp3) is 0.154. The highest BCUT2D eigenvalue weighted by Gasteiger charge is 2.48. The van der Waals surface area contributed by atoms with Crippen molar-refractivity contribution in [2.24, 2.45) is 0 Å². The molecule has 4 rings (SSSR count). The second-order valence-electron chi connectivity index (χ2n) is 7.97. The first-order valence-corrected chi connectivity index (χ1v) is 11.4. The summed E-state index contributed by atoms with van der Waals surface area (Å²) in [6.45, 7) is 0.600. The van der Waals surface area contributed by atoms with Gasteiger partial charge < -0.3 is 10.2 Å². The number of allylic oxidation sites excluding steroid dienone is 1. The number of thioether (sulfide) groups is 1. The molecule has 1 atom stereocenters. The number of hydrogen-bond acceptors (Lipinski definition) is 6. The van der Waals surface area contributed by atoms with Gasteiger partial charge in [-0.2, -0.15) is 5.26 Å². The SMILES string of the molecule is CN(Cc1ccccc1)C1=C(C#N)CC(C(=O)Nc2ccc([N+](=O)[O-])cc2)(c2ccccc2)S1. The first kappa shape index (κ1) is 23.1. The Hall–Kier alpha value is -4.09. The molecule has 0 radical (unpaired) electrons. The van der Waals surface area contributed by atoms with Crippen LogP contribution in [0.25, 0.3) is 0 Å². The molecule has 0 aliphatic carbocycles. The average molecular weight is 471 g/mol. The second kappa shape index (κ2) is 9.81. The molecule has 0 bridgehead atoms. The van der Waals surface area contributed by atoms with Gasteiger partial charge in [-0.05, 0) is 23.3 Å². The highest BCUT2D eigenvalue weighted by Crippen LogP contribution is 2.54. The number of nitro groups is 1. The molecule has 0 saturated carbocycles. The molecule has 8 heteroatoms. The smallest absolute Gasteiger partial charge is 0.269 e. The van der Waals surface area contributed by atoms with Crippen LogP contribution in [0, 0.1) is 21.4 Å². The molecule has 0 fully saturated rings. The number of carbonyl (C=O) groups is 1. The Morgan fingerprint density at radius 2 is 1.71 bits per heavy atom. The molecule has 0 saturated heterocycles. The van der Waals surface area contributed by atoms with Crippen molar-refractivity contribution in [3.05, 3.63) is 117 Å². The van der Waals surface area contributed by atoms with E-state index in [1.54, 1.807) is 0 Å². The summed E-state index contributed by atoms with van der Waals surface area (Å²) in [4.78, 5) is 26.2. The Labute approximate surface area is 201 Å². The Balaban J connectivity index is 1.65. The van der Waals surface area contributed by atoms with E-state index in [0.29, 0.717) is 17.8 Å². The number of rotatable bonds is 7. The van der Waals surface area contributed by atoms with Crippen molar-refractivity contribution in [1.29, 1.82) is 5.26 Å². The summed E-state index contributed by atoms with van der Waals surface area (Å²) in [6, 6.07) is 27.4. The summed E-state index contributed by atoms with van der Waals surface area (Å²) in [6.07, 6.45) is 0.242. The lowest BCUT2D eigenvalue weighted by molar-refractivity contribution is -0.384. The molecule has 170 valence electrons. The van der Waals surface area contributed by atoms with Gasteiger partial charge >= 0.3 is 0 Å². The number of carbonyl (C=O) groups excluding carboxylic acids is 1. The minimum absolute atomic E-state index is 0.0516. The fourth-order valence-corrected chi connectivity index (χ4v) is 5.34. The highest BCUT2D eigenvalue weighted by atomic mass is 32.2. The third kappa shape index (κ3) is 4.65. The zero-order valence-corrected chi connectivity index (χ0v) is 19.3. The Bertz CT molecular complexity index is 1270. The van der Waals surface area contributed by atoms with Crippen LogP contribution in [0.3, 0.4) is 0 Å². The maximum atomic E-state index is 13.7. The van der Waals surface area contributed by atoms with Crippen molar-refractivity contribution in [3.63, 3.8) is 0 Å². The number of nitrogens with zero attached hydrogens (tertiary/aromatic N) is 3. The van der Waals surface area contributed by atoms with Gasteiger partial charge in [-0.1, -0.05) is 72.4 Å². The van der Waals surface area contributed by atoms with E-state index < -0.39 is 9.67 Å². The molecule has 0 aromatic heterocycles. The predicted molar refractivity (Wildman–Crippen MR) is 133 cm³/mol. The van der Waals surface area contributed by atoms with Crippen molar-refractivity contribution in [3.8, 4) is 6.07 Å². The van der Waals surface area contributed by atoms with Crippen LogP contribution in [-0.2, 0) is 16.1 Å². The van der Waals surface area contributed by atoms with Gasteiger partial charge in [0.05, 0.1) is 21.6 Å². The van der Waals surface area contributed by atoms with Crippen LogP contribution in [-0.4, -0.2) is 22.8 Å². The number of anilines is 1. The molecule has 1 amide bonds. The molecular formula is C26H22N4O3S. The minimum Gasteiger partial charge on any atom is -0.364 e. The average Bonchev–Trinajstić information content (AvgIpc) is 3.27. The topological polar surface area (TPSA) is 99.3 Å². The normalized spacial score (nSPS) is 17.2. The molecule has 3 aromatic rings. The van der Waals surface area contributed by atoms with Gasteiger partial charge in [-0.25, -0.2) is 0 Å². The van der Waals surface area contributed by atoms with Gasteiger partial charge in [0, 0.05) is 37.8 Å². The first-order valence-electron chi connectivity index (χ1n) is 10.6. The summed E-state index contributed by atoms with van der Waals surface area (Å²) in [7, 11) is 1.92. The van der Waals surface area contributed by atoms with E-state index in [1.807, 2.05) is 72.6 Å². The maximum Gasteiger partial charge on any atom is 0.269 e. The Morgan fingerprint density at radius 3 is 2.29 bits per heavy atom. The van der Waals surface area contributed by atoms with Crippen LogP contribution >= 0.6 is 11.8 Å². The van der Waals surface area contributed by atoms with Gasteiger partial charge in [0.1, 0.15) is 4.75 Å². The maximum absolute atomic E-state index is 13.7. The van der Waals surface area contributed by atoms with Gasteiger partial charge in [-0.15, -0.1) is 0 Å². The molecule has 1 heterocycles.